The first-order valence-corrected chi connectivity index (χ1v) is 7.24. The van der Waals surface area contributed by atoms with Gasteiger partial charge in [-0.15, -0.1) is 0 Å². The number of aryl methyl sites for hydroxylation is 1. The van der Waals surface area contributed by atoms with Crippen molar-refractivity contribution in [2.75, 3.05) is 18.1 Å². The van der Waals surface area contributed by atoms with Gasteiger partial charge in [-0.05, 0) is 30.3 Å². The highest BCUT2D eigenvalue weighted by Crippen LogP contribution is 2.13. The zero-order valence-corrected chi connectivity index (χ0v) is 11.3. The molecular weight excluding hydrogens is 248 g/mol. The first kappa shape index (κ1) is 13.2. The molecule has 0 aliphatic rings. The molecule has 0 saturated carbocycles. The van der Waals surface area contributed by atoms with Crippen LogP contribution in [-0.4, -0.2) is 22.6 Å². The molecule has 4 nitrogen and oxygen atoms in total. The Morgan fingerprint density at radius 2 is 2.22 bits per heavy atom. The average molecular weight is 266 g/mol. The lowest BCUT2D eigenvalue weighted by atomic mass is 10.2. The Bertz CT molecular complexity index is 561. The minimum Gasteiger partial charge on any atom is -0.408 e. The van der Waals surface area contributed by atoms with Gasteiger partial charge in [-0.25, -0.2) is 4.79 Å². The fraction of sp³-hybridized carbons (Fsp3) is 0.462. The number of rotatable bonds is 6. The molecule has 18 heavy (non-hydrogen) atoms. The lowest BCUT2D eigenvalue weighted by molar-refractivity contribution is 0.514. The van der Waals surface area contributed by atoms with Crippen LogP contribution in [0.5, 0.6) is 0 Å². The Kier molecular flexibility index (Phi) is 4.49. The summed E-state index contributed by atoms with van der Waals surface area (Å²) in [4.78, 5) is 11.7. The van der Waals surface area contributed by atoms with E-state index in [0.29, 0.717) is 24.6 Å². The fourth-order valence-electron chi connectivity index (χ4n) is 1.73. The molecular formula is C13H18N2O2S. The Balaban J connectivity index is 1.99. The molecule has 2 N–H and O–H groups in total. The van der Waals surface area contributed by atoms with E-state index in [1.807, 2.05) is 36.0 Å². The first-order chi connectivity index (χ1) is 8.72. The molecule has 0 bridgehead atoms. The zero-order chi connectivity index (χ0) is 13.0. The first-order valence-electron chi connectivity index (χ1n) is 6.08. The van der Waals surface area contributed by atoms with Crippen molar-refractivity contribution in [3.05, 3.63) is 34.8 Å². The van der Waals surface area contributed by atoms with Crippen LogP contribution in [0.2, 0.25) is 0 Å². The second kappa shape index (κ2) is 6.11. The number of fused-ring (bicyclic) bond motifs is 1. The van der Waals surface area contributed by atoms with Gasteiger partial charge in [0.25, 0.3) is 0 Å². The summed E-state index contributed by atoms with van der Waals surface area (Å²) in [6.07, 6.45) is 0. The molecule has 0 saturated heterocycles. The van der Waals surface area contributed by atoms with Gasteiger partial charge in [0.1, 0.15) is 0 Å². The summed E-state index contributed by atoms with van der Waals surface area (Å²) < 4.78 is 6.87. The molecule has 2 aromatic rings. The maximum absolute atomic E-state index is 11.7. The van der Waals surface area contributed by atoms with Crippen molar-refractivity contribution in [1.29, 1.82) is 0 Å². The van der Waals surface area contributed by atoms with Crippen molar-refractivity contribution < 1.29 is 4.42 Å². The molecule has 0 fully saturated rings. The summed E-state index contributed by atoms with van der Waals surface area (Å²) in [6.45, 7) is 3.52. The average Bonchev–Trinajstić information content (AvgIpc) is 2.70. The van der Waals surface area contributed by atoms with Crippen molar-refractivity contribution in [2.24, 2.45) is 11.7 Å². The SMILES string of the molecule is CC(CN)CSCCn1c(=O)oc2ccccc21. The molecule has 1 unspecified atom stereocenters. The minimum atomic E-state index is -0.274. The second-order valence-corrected chi connectivity index (χ2v) is 5.55. The summed E-state index contributed by atoms with van der Waals surface area (Å²) in [5.41, 5.74) is 7.09. The van der Waals surface area contributed by atoms with Gasteiger partial charge >= 0.3 is 5.76 Å². The largest absolute Gasteiger partial charge is 0.419 e. The quantitative estimate of drug-likeness (QED) is 0.811. The topological polar surface area (TPSA) is 61.2 Å². The van der Waals surface area contributed by atoms with Gasteiger partial charge in [0.05, 0.1) is 5.52 Å². The maximum atomic E-state index is 11.7. The molecule has 1 heterocycles. The Hall–Kier alpha value is -1.20. The number of nitrogens with two attached hydrogens (primary N) is 1. The third-order valence-corrected chi connectivity index (χ3v) is 4.11. The van der Waals surface area contributed by atoms with Gasteiger partial charge in [0.2, 0.25) is 0 Å². The van der Waals surface area contributed by atoms with Crippen molar-refractivity contribution in [3.8, 4) is 0 Å². The van der Waals surface area contributed by atoms with Crippen LogP contribution in [0.15, 0.2) is 33.5 Å². The van der Waals surface area contributed by atoms with Crippen LogP contribution in [0.1, 0.15) is 6.92 Å². The molecule has 0 spiro atoms. The van der Waals surface area contributed by atoms with Crippen molar-refractivity contribution in [2.45, 2.75) is 13.5 Å². The van der Waals surface area contributed by atoms with E-state index in [1.165, 1.54) is 0 Å². The van der Waals surface area contributed by atoms with Crippen LogP contribution >= 0.6 is 11.8 Å². The molecule has 0 aliphatic heterocycles. The number of benzene rings is 1. The smallest absolute Gasteiger partial charge is 0.408 e. The van der Waals surface area contributed by atoms with Crippen molar-refractivity contribution in [3.63, 3.8) is 0 Å². The molecule has 1 aromatic heterocycles. The minimum absolute atomic E-state index is 0.274. The van der Waals surface area contributed by atoms with Gasteiger partial charge in [0.15, 0.2) is 5.58 Å². The number of hydrogen-bond acceptors (Lipinski definition) is 4. The third-order valence-electron chi connectivity index (χ3n) is 2.84. The standard InChI is InChI=1S/C13H18N2O2S/c1-10(8-14)9-18-7-6-15-11-4-2-3-5-12(11)17-13(15)16/h2-5,10H,6-9,14H2,1H3. The Morgan fingerprint density at radius 3 is 3.00 bits per heavy atom. The lowest BCUT2D eigenvalue weighted by Gasteiger charge is -2.07. The normalized spacial score (nSPS) is 13.0. The maximum Gasteiger partial charge on any atom is 0.419 e. The van der Waals surface area contributed by atoms with Gasteiger partial charge in [-0.2, -0.15) is 11.8 Å². The number of nitrogens with zero attached hydrogens (tertiary/aromatic N) is 1. The summed E-state index contributed by atoms with van der Waals surface area (Å²) >= 11 is 1.82. The van der Waals surface area contributed by atoms with Crippen LogP contribution in [0.4, 0.5) is 0 Å². The van der Waals surface area contributed by atoms with Crippen LogP contribution in [-0.2, 0) is 6.54 Å². The summed E-state index contributed by atoms with van der Waals surface area (Å²) in [7, 11) is 0. The monoisotopic (exact) mass is 266 g/mol. The van der Waals surface area contributed by atoms with Gasteiger partial charge in [-0.3, -0.25) is 4.57 Å². The van der Waals surface area contributed by atoms with Crippen LogP contribution in [0.25, 0.3) is 11.1 Å². The van der Waals surface area contributed by atoms with Gasteiger partial charge < -0.3 is 10.2 Å². The predicted molar refractivity (Wildman–Crippen MR) is 76.0 cm³/mol. The van der Waals surface area contributed by atoms with E-state index in [9.17, 15) is 4.79 Å². The summed E-state index contributed by atoms with van der Waals surface area (Å²) in [5.74, 6) is 2.17. The number of oxazole rings is 1. The molecule has 0 radical (unpaired) electrons. The van der Waals surface area contributed by atoms with E-state index in [0.717, 1.165) is 17.0 Å². The van der Waals surface area contributed by atoms with Gasteiger partial charge in [-0.1, -0.05) is 19.1 Å². The third kappa shape index (κ3) is 2.97. The van der Waals surface area contributed by atoms with Gasteiger partial charge in [0, 0.05) is 12.3 Å². The summed E-state index contributed by atoms with van der Waals surface area (Å²) in [6, 6.07) is 7.51. The Morgan fingerprint density at radius 1 is 1.44 bits per heavy atom. The van der Waals surface area contributed by atoms with Crippen LogP contribution in [0.3, 0.4) is 0 Å². The van der Waals surface area contributed by atoms with E-state index in [2.05, 4.69) is 6.92 Å². The van der Waals surface area contributed by atoms with Crippen LogP contribution < -0.4 is 11.5 Å². The zero-order valence-electron chi connectivity index (χ0n) is 10.5. The summed E-state index contributed by atoms with van der Waals surface area (Å²) in [5, 5.41) is 0. The van der Waals surface area contributed by atoms with Crippen LogP contribution in [0, 0.1) is 5.92 Å². The number of para-hydroxylation sites is 2. The highest BCUT2D eigenvalue weighted by molar-refractivity contribution is 7.99. The van der Waals surface area contributed by atoms with E-state index in [4.69, 9.17) is 10.2 Å². The van der Waals surface area contributed by atoms with E-state index >= 15 is 0 Å². The van der Waals surface area contributed by atoms with E-state index in [1.54, 1.807) is 4.57 Å². The fourth-order valence-corrected chi connectivity index (χ4v) is 2.75. The molecule has 0 amide bonds. The number of aromatic nitrogens is 1. The van der Waals surface area contributed by atoms with E-state index in [-0.39, 0.29) is 5.76 Å². The molecule has 1 aromatic carbocycles. The predicted octanol–water partition coefficient (Wildman–Crippen LogP) is 1.92. The molecule has 0 aliphatic carbocycles. The second-order valence-electron chi connectivity index (χ2n) is 4.40. The van der Waals surface area contributed by atoms with Crippen molar-refractivity contribution >= 4 is 22.9 Å². The molecule has 1 atom stereocenters. The number of thioether (sulfide) groups is 1. The number of hydrogen-bond donors (Lipinski definition) is 1. The highest BCUT2D eigenvalue weighted by Gasteiger charge is 2.08. The Labute approximate surface area is 110 Å². The molecule has 98 valence electrons. The lowest BCUT2D eigenvalue weighted by Crippen LogP contribution is -2.17. The van der Waals surface area contributed by atoms with Crippen molar-refractivity contribution in [1.82, 2.24) is 4.57 Å². The highest BCUT2D eigenvalue weighted by atomic mass is 32.2. The molecule has 5 heteroatoms. The molecule has 2 rings (SSSR count). The van der Waals surface area contributed by atoms with E-state index < -0.39 is 0 Å².